The van der Waals surface area contributed by atoms with Gasteiger partial charge in [0.05, 0.1) is 0 Å². The van der Waals surface area contributed by atoms with Crippen molar-refractivity contribution in [3.8, 4) is 0 Å². The fraction of sp³-hybridized carbons (Fsp3) is 0.455. The van der Waals surface area contributed by atoms with Crippen LogP contribution in [-0.2, 0) is 6.42 Å². The highest BCUT2D eigenvalue weighted by Crippen LogP contribution is 2.20. The third-order valence-corrected chi connectivity index (χ3v) is 3.30. The van der Waals surface area contributed by atoms with Crippen LogP contribution < -0.4 is 16.6 Å². The molecule has 6 heteroatoms. The third kappa shape index (κ3) is 1.80. The van der Waals surface area contributed by atoms with E-state index in [1.54, 1.807) is 0 Å². The van der Waals surface area contributed by atoms with Gasteiger partial charge in [0.1, 0.15) is 11.0 Å². The molecule has 1 aliphatic heterocycles. The minimum atomic E-state index is -0.205. The topological polar surface area (TPSA) is 99.6 Å². The summed E-state index contributed by atoms with van der Waals surface area (Å²) in [6.45, 7) is 2.11. The molecular formula is C11H15N5O. The molecule has 0 radical (unpaired) electrons. The van der Waals surface area contributed by atoms with Gasteiger partial charge < -0.3 is 16.0 Å². The fourth-order valence-corrected chi connectivity index (χ4v) is 2.44. The van der Waals surface area contributed by atoms with Crippen LogP contribution in [0.1, 0.15) is 12.0 Å². The van der Waals surface area contributed by atoms with Crippen LogP contribution >= 0.6 is 0 Å². The summed E-state index contributed by atoms with van der Waals surface area (Å²) in [5.74, 6) is 0.796. The highest BCUT2D eigenvalue weighted by atomic mass is 16.1. The maximum Gasteiger partial charge on any atom is 0.276 e. The summed E-state index contributed by atoms with van der Waals surface area (Å²) in [7, 11) is 0. The van der Waals surface area contributed by atoms with E-state index in [0.29, 0.717) is 17.0 Å². The molecule has 6 nitrogen and oxygen atoms in total. The lowest BCUT2D eigenvalue weighted by Crippen LogP contribution is -2.12. The molecule has 0 saturated carbocycles. The second kappa shape index (κ2) is 3.89. The van der Waals surface area contributed by atoms with Crippen molar-refractivity contribution < 1.29 is 0 Å². The normalized spacial score (nSPS) is 20.1. The number of aromatic amines is 2. The van der Waals surface area contributed by atoms with Crippen molar-refractivity contribution in [2.24, 2.45) is 5.92 Å². The lowest BCUT2D eigenvalue weighted by Gasteiger charge is -2.06. The van der Waals surface area contributed by atoms with Gasteiger partial charge >= 0.3 is 0 Å². The Bertz CT molecular complexity index is 593. The number of nitrogens with two attached hydrogens (primary N) is 1. The molecule has 0 amide bonds. The van der Waals surface area contributed by atoms with Crippen molar-refractivity contribution >= 4 is 17.0 Å². The number of hydrogen-bond donors (Lipinski definition) is 4. The molecule has 1 fully saturated rings. The zero-order chi connectivity index (χ0) is 11.8. The summed E-state index contributed by atoms with van der Waals surface area (Å²) >= 11 is 0. The smallest absolute Gasteiger partial charge is 0.276 e. The van der Waals surface area contributed by atoms with Crippen LogP contribution in [0.5, 0.6) is 0 Å². The van der Waals surface area contributed by atoms with E-state index in [-0.39, 0.29) is 11.5 Å². The van der Waals surface area contributed by atoms with Crippen LogP contribution in [0.25, 0.3) is 11.0 Å². The summed E-state index contributed by atoms with van der Waals surface area (Å²) in [6.07, 6.45) is 3.97. The quantitative estimate of drug-likeness (QED) is 0.586. The van der Waals surface area contributed by atoms with E-state index in [4.69, 9.17) is 5.73 Å². The van der Waals surface area contributed by atoms with Crippen molar-refractivity contribution in [3.63, 3.8) is 0 Å². The second-order valence-corrected chi connectivity index (χ2v) is 4.55. The number of fused-ring (bicyclic) bond motifs is 1. The van der Waals surface area contributed by atoms with Gasteiger partial charge in [-0.1, -0.05) is 0 Å². The SMILES string of the molecule is Nc1nc2c(CC3CCNC3)c[nH]c2c(=O)[nH]1. The van der Waals surface area contributed by atoms with Crippen molar-refractivity contribution in [1.82, 2.24) is 20.3 Å². The monoisotopic (exact) mass is 233 g/mol. The predicted octanol–water partition coefficient (Wildman–Crippen LogP) is -0.0146. The molecule has 3 rings (SSSR count). The predicted molar refractivity (Wildman–Crippen MR) is 65.8 cm³/mol. The third-order valence-electron chi connectivity index (χ3n) is 3.30. The molecule has 0 aromatic carbocycles. The van der Waals surface area contributed by atoms with Gasteiger partial charge in [0, 0.05) is 6.20 Å². The second-order valence-electron chi connectivity index (χ2n) is 4.55. The minimum absolute atomic E-state index is 0.174. The number of H-pyrrole nitrogens is 2. The lowest BCUT2D eigenvalue weighted by molar-refractivity contribution is 0.582. The molecule has 2 aromatic rings. The maximum absolute atomic E-state index is 11.6. The van der Waals surface area contributed by atoms with Crippen molar-refractivity contribution in [2.45, 2.75) is 12.8 Å². The van der Waals surface area contributed by atoms with Gasteiger partial charge in [-0.25, -0.2) is 4.98 Å². The van der Waals surface area contributed by atoms with E-state index >= 15 is 0 Å². The Hall–Kier alpha value is -1.82. The first-order valence-electron chi connectivity index (χ1n) is 5.80. The summed E-state index contributed by atoms with van der Waals surface area (Å²) in [5, 5.41) is 3.33. The Morgan fingerprint density at radius 3 is 3.18 bits per heavy atom. The minimum Gasteiger partial charge on any atom is -0.369 e. The van der Waals surface area contributed by atoms with Gasteiger partial charge in [-0.05, 0) is 37.4 Å². The van der Waals surface area contributed by atoms with E-state index in [9.17, 15) is 4.79 Å². The average molecular weight is 233 g/mol. The number of nitrogens with one attached hydrogen (secondary N) is 3. The lowest BCUT2D eigenvalue weighted by atomic mass is 10.00. The van der Waals surface area contributed by atoms with Crippen molar-refractivity contribution in [1.29, 1.82) is 0 Å². The van der Waals surface area contributed by atoms with Crippen LogP contribution in [-0.4, -0.2) is 28.0 Å². The van der Waals surface area contributed by atoms with Crippen LogP contribution in [0.15, 0.2) is 11.0 Å². The number of hydrogen-bond acceptors (Lipinski definition) is 4. The first-order chi connectivity index (χ1) is 8.24. The molecule has 0 aliphatic carbocycles. The van der Waals surface area contributed by atoms with E-state index in [1.807, 2.05) is 6.20 Å². The Labute approximate surface area is 97.6 Å². The Balaban J connectivity index is 2.02. The molecule has 90 valence electrons. The van der Waals surface area contributed by atoms with E-state index in [1.165, 1.54) is 6.42 Å². The maximum atomic E-state index is 11.6. The van der Waals surface area contributed by atoms with Crippen LogP contribution in [0.4, 0.5) is 5.95 Å². The van der Waals surface area contributed by atoms with Crippen molar-refractivity contribution in [2.75, 3.05) is 18.8 Å². The number of rotatable bonds is 2. The van der Waals surface area contributed by atoms with Gasteiger partial charge in [0.15, 0.2) is 0 Å². The molecule has 0 spiro atoms. The van der Waals surface area contributed by atoms with Crippen LogP contribution in [0.3, 0.4) is 0 Å². The largest absolute Gasteiger partial charge is 0.369 e. The first kappa shape index (κ1) is 10.3. The zero-order valence-electron chi connectivity index (χ0n) is 9.42. The fourth-order valence-electron chi connectivity index (χ4n) is 2.44. The van der Waals surface area contributed by atoms with Gasteiger partial charge in [-0.15, -0.1) is 0 Å². The summed E-state index contributed by atoms with van der Waals surface area (Å²) in [5.41, 5.74) is 7.66. The summed E-state index contributed by atoms with van der Waals surface area (Å²) in [6, 6.07) is 0. The van der Waals surface area contributed by atoms with E-state index in [0.717, 1.165) is 25.1 Å². The molecule has 1 atom stereocenters. The summed E-state index contributed by atoms with van der Waals surface area (Å²) in [4.78, 5) is 21.3. The number of aromatic nitrogens is 3. The molecule has 0 bridgehead atoms. The Kier molecular flexibility index (Phi) is 2.36. The average Bonchev–Trinajstić information content (AvgIpc) is 2.89. The molecule has 3 heterocycles. The van der Waals surface area contributed by atoms with E-state index < -0.39 is 0 Å². The highest BCUT2D eigenvalue weighted by Gasteiger charge is 2.18. The van der Waals surface area contributed by atoms with Gasteiger partial charge in [-0.3, -0.25) is 9.78 Å². The van der Waals surface area contributed by atoms with Crippen LogP contribution in [0, 0.1) is 5.92 Å². The molecule has 1 saturated heterocycles. The van der Waals surface area contributed by atoms with Gasteiger partial charge in [0.2, 0.25) is 5.95 Å². The number of anilines is 1. The highest BCUT2D eigenvalue weighted by molar-refractivity contribution is 5.78. The molecule has 17 heavy (non-hydrogen) atoms. The molecule has 1 unspecified atom stereocenters. The van der Waals surface area contributed by atoms with Gasteiger partial charge in [-0.2, -0.15) is 0 Å². The van der Waals surface area contributed by atoms with Crippen molar-refractivity contribution in [3.05, 3.63) is 22.1 Å². The Morgan fingerprint density at radius 1 is 1.53 bits per heavy atom. The molecule has 1 aliphatic rings. The van der Waals surface area contributed by atoms with Crippen LogP contribution in [0.2, 0.25) is 0 Å². The number of nitrogen functional groups attached to an aromatic ring is 1. The molecular weight excluding hydrogens is 218 g/mol. The zero-order valence-corrected chi connectivity index (χ0v) is 9.42. The van der Waals surface area contributed by atoms with E-state index in [2.05, 4.69) is 20.3 Å². The first-order valence-corrected chi connectivity index (χ1v) is 5.80. The van der Waals surface area contributed by atoms with Gasteiger partial charge in [0.25, 0.3) is 5.56 Å². The summed E-state index contributed by atoms with van der Waals surface area (Å²) < 4.78 is 0. The standard InChI is InChI=1S/C11H15N5O/c12-11-15-8-7(3-6-1-2-13-4-6)5-14-9(8)10(17)16-11/h5-6,13-14H,1-4H2,(H3,12,15,16,17). The molecule has 5 N–H and O–H groups in total. The molecule has 2 aromatic heterocycles. The Morgan fingerprint density at radius 2 is 2.41 bits per heavy atom. The number of nitrogens with zero attached hydrogens (tertiary/aromatic N) is 1.